The van der Waals surface area contributed by atoms with E-state index in [2.05, 4.69) is 6.92 Å². The van der Waals surface area contributed by atoms with Gasteiger partial charge < -0.3 is 14.4 Å². The van der Waals surface area contributed by atoms with Gasteiger partial charge in [-0.1, -0.05) is 43.3 Å². The Morgan fingerprint density at radius 3 is 2.65 bits per heavy atom. The van der Waals surface area contributed by atoms with Crippen molar-refractivity contribution in [3.63, 3.8) is 0 Å². The zero-order valence-electron chi connectivity index (χ0n) is 19.5. The molecule has 0 saturated carbocycles. The number of benzene rings is 2. The summed E-state index contributed by atoms with van der Waals surface area (Å²) in [6.45, 7) is 3.11. The van der Waals surface area contributed by atoms with Crippen LogP contribution in [0.15, 0.2) is 48.5 Å². The van der Waals surface area contributed by atoms with Crippen LogP contribution in [0.25, 0.3) is 0 Å². The van der Waals surface area contributed by atoms with Crippen molar-refractivity contribution in [1.82, 2.24) is 9.80 Å². The smallest absolute Gasteiger partial charge is 0.241 e. The number of imide groups is 1. The van der Waals surface area contributed by atoms with Gasteiger partial charge in [0, 0.05) is 25.4 Å². The number of fused-ring (bicyclic) bond motifs is 1. The summed E-state index contributed by atoms with van der Waals surface area (Å²) in [6, 6.07) is 14.9. The van der Waals surface area contributed by atoms with Crippen LogP contribution in [0.4, 0.5) is 0 Å². The molecule has 0 bridgehead atoms. The molecule has 2 fully saturated rings. The van der Waals surface area contributed by atoms with E-state index >= 15 is 0 Å². The highest BCUT2D eigenvalue weighted by atomic mass is 16.7. The van der Waals surface area contributed by atoms with Crippen molar-refractivity contribution in [3.05, 3.63) is 59.7 Å². The lowest BCUT2D eigenvalue weighted by Gasteiger charge is -2.37. The molecule has 3 aliphatic heterocycles. The zero-order valence-corrected chi connectivity index (χ0v) is 19.5. The molecule has 2 atom stereocenters. The average molecular weight is 463 g/mol. The summed E-state index contributed by atoms with van der Waals surface area (Å²) in [4.78, 5) is 43.9. The molecule has 3 aliphatic rings. The highest BCUT2D eigenvalue weighted by molar-refractivity contribution is 6.10. The van der Waals surface area contributed by atoms with Gasteiger partial charge in [-0.05, 0) is 48.9 Å². The minimum atomic E-state index is -1.18. The van der Waals surface area contributed by atoms with Crippen LogP contribution in [0, 0.1) is 0 Å². The van der Waals surface area contributed by atoms with Crippen LogP contribution in [0.1, 0.15) is 56.6 Å². The van der Waals surface area contributed by atoms with E-state index in [9.17, 15) is 14.4 Å². The van der Waals surface area contributed by atoms with Gasteiger partial charge in [0.2, 0.25) is 24.5 Å². The van der Waals surface area contributed by atoms with E-state index in [1.807, 2.05) is 41.3 Å². The molecule has 0 radical (unpaired) electrons. The Bertz CT molecular complexity index is 1100. The molecular weight excluding hydrogens is 432 g/mol. The van der Waals surface area contributed by atoms with E-state index in [1.165, 1.54) is 4.90 Å². The number of ether oxygens (including phenoxy) is 2. The predicted octanol–water partition coefficient (Wildman–Crippen LogP) is 3.79. The second kappa shape index (κ2) is 9.12. The number of rotatable bonds is 6. The lowest BCUT2D eigenvalue weighted by Crippen LogP contribution is -2.48. The number of amides is 3. The number of nitrogens with zero attached hydrogens (tertiary/aromatic N) is 2. The number of hydrogen-bond acceptors (Lipinski definition) is 5. The molecule has 0 N–H and O–H groups in total. The zero-order chi connectivity index (χ0) is 23.7. The molecule has 7 heteroatoms. The lowest BCUT2D eigenvalue weighted by atomic mass is 9.75. The molecule has 2 saturated heterocycles. The fourth-order valence-corrected chi connectivity index (χ4v) is 5.52. The molecule has 2 aromatic rings. The summed E-state index contributed by atoms with van der Waals surface area (Å²) >= 11 is 0. The summed E-state index contributed by atoms with van der Waals surface area (Å²) in [5.74, 6) is 0.655. The second-order valence-corrected chi connectivity index (χ2v) is 9.42. The van der Waals surface area contributed by atoms with Crippen LogP contribution in [0.5, 0.6) is 11.5 Å². The summed E-state index contributed by atoms with van der Waals surface area (Å²) < 4.78 is 10.8. The molecule has 5 rings (SSSR count). The third kappa shape index (κ3) is 3.93. The maximum Gasteiger partial charge on any atom is 0.241 e. The largest absolute Gasteiger partial charge is 0.454 e. The van der Waals surface area contributed by atoms with Gasteiger partial charge >= 0.3 is 0 Å². The molecule has 34 heavy (non-hydrogen) atoms. The van der Waals surface area contributed by atoms with E-state index in [0.717, 1.165) is 36.8 Å². The van der Waals surface area contributed by atoms with Gasteiger partial charge in [-0.25, -0.2) is 0 Å². The van der Waals surface area contributed by atoms with Crippen LogP contribution in [0.3, 0.4) is 0 Å². The van der Waals surface area contributed by atoms with E-state index in [-0.39, 0.29) is 49.9 Å². The van der Waals surface area contributed by atoms with Gasteiger partial charge in [0.15, 0.2) is 11.5 Å². The maximum atomic E-state index is 13.9. The van der Waals surface area contributed by atoms with Gasteiger partial charge in [0.25, 0.3) is 0 Å². The van der Waals surface area contributed by atoms with Crippen LogP contribution in [0.2, 0.25) is 0 Å². The quantitative estimate of drug-likeness (QED) is 0.611. The van der Waals surface area contributed by atoms with Crippen molar-refractivity contribution in [1.29, 1.82) is 0 Å². The summed E-state index contributed by atoms with van der Waals surface area (Å²) in [6.07, 6.45) is 3.99. The van der Waals surface area contributed by atoms with Crippen LogP contribution >= 0.6 is 0 Å². The van der Waals surface area contributed by atoms with Crippen molar-refractivity contribution >= 4 is 17.7 Å². The standard InChI is InChI=1S/C27H30N2O5/c1-2-21-10-6-7-13-28(21)24(30)15-27(20-8-4-3-5-9-20)16-25(31)29(26(27)32)17-19-11-12-22-23(14-19)34-18-33-22/h3-5,8-9,11-12,14,21H,2,6-7,10,13,15-18H2,1H3/t21-,27+/m1/s1. The summed E-state index contributed by atoms with van der Waals surface area (Å²) in [5, 5.41) is 0. The van der Waals surface area contributed by atoms with E-state index in [4.69, 9.17) is 9.47 Å². The Morgan fingerprint density at radius 1 is 1.06 bits per heavy atom. The number of likely N-dealkylation sites (tertiary alicyclic amines) is 2. The molecule has 3 heterocycles. The average Bonchev–Trinajstić information content (AvgIpc) is 3.43. The topological polar surface area (TPSA) is 76.2 Å². The molecule has 0 spiro atoms. The van der Waals surface area contributed by atoms with Gasteiger partial charge in [0.1, 0.15) is 0 Å². The number of piperidine rings is 1. The van der Waals surface area contributed by atoms with Crippen LogP contribution in [-0.2, 0) is 26.3 Å². The van der Waals surface area contributed by atoms with E-state index in [0.29, 0.717) is 18.0 Å². The Balaban J connectivity index is 1.44. The molecule has 0 aliphatic carbocycles. The van der Waals surface area contributed by atoms with Gasteiger partial charge in [-0.2, -0.15) is 0 Å². The van der Waals surface area contributed by atoms with Crippen molar-refractivity contribution in [3.8, 4) is 11.5 Å². The third-order valence-electron chi connectivity index (χ3n) is 7.38. The second-order valence-electron chi connectivity index (χ2n) is 9.42. The Kier molecular flexibility index (Phi) is 6.02. The van der Waals surface area contributed by atoms with E-state index in [1.54, 1.807) is 12.1 Å². The Hall–Kier alpha value is -3.35. The van der Waals surface area contributed by atoms with Crippen LogP contribution < -0.4 is 9.47 Å². The van der Waals surface area contributed by atoms with Crippen LogP contribution in [-0.4, -0.2) is 46.9 Å². The van der Waals surface area contributed by atoms with Gasteiger partial charge in [0.05, 0.1) is 12.0 Å². The first-order valence-electron chi connectivity index (χ1n) is 12.1. The fraction of sp³-hybridized carbons (Fsp3) is 0.444. The number of carbonyl (C=O) groups is 3. The molecule has 178 valence electrons. The predicted molar refractivity (Wildman–Crippen MR) is 125 cm³/mol. The monoisotopic (exact) mass is 462 g/mol. The third-order valence-corrected chi connectivity index (χ3v) is 7.38. The minimum absolute atomic E-state index is 0.00320. The Morgan fingerprint density at radius 2 is 1.85 bits per heavy atom. The van der Waals surface area contributed by atoms with E-state index < -0.39 is 5.41 Å². The van der Waals surface area contributed by atoms with Crippen molar-refractivity contribution in [2.45, 2.75) is 63.5 Å². The van der Waals surface area contributed by atoms with Crippen molar-refractivity contribution < 1.29 is 23.9 Å². The first-order valence-corrected chi connectivity index (χ1v) is 12.1. The fourth-order valence-electron chi connectivity index (χ4n) is 5.52. The molecule has 7 nitrogen and oxygen atoms in total. The molecule has 2 aromatic carbocycles. The maximum absolute atomic E-state index is 13.9. The highest BCUT2D eigenvalue weighted by Crippen LogP contribution is 2.42. The van der Waals surface area contributed by atoms with Gasteiger partial charge in [-0.15, -0.1) is 0 Å². The summed E-state index contributed by atoms with van der Waals surface area (Å²) in [7, 11) is 0. The molecule has 0 aromatic heterocycles. The van der Waals surface area contributed by atoms with Crippen molar-refractivity contribution in [2.75, 3.05) is 13.3 Å². The Labute approximate surface area is 199 Å². The van der Waals surface area contributed by atoms with Gasteiger partial charge in [-0.3, -0.25) is 19.3 Å². The molecule has 0 unspecified atom stereocenters. The minimum Gasteiger partial charge on any atom is -0.454 e. The highest BCUT2D eigenvalue weighted by Gasteiger charge is 2.54. The normalized spacial score (nSPS) is 24.1. The summed E-state index contributed by atoms with van der Waals surface area (Å²) in [5.41, 5.74) is 0.324. The first kappa shape index (κ1) is 22.4. The molecular formula is C27H30N2O5. The molecule has 3 amide bonds. The number of hydrogen-bond donors (Lipinski definition) is 0. The van der Waals surface area contributed by atoms with Crippen molar-refractivity contribution in [2.24, 2.45) is 0 Å². The SMILES string of the molecule is CC[C@@H]1CCCCN1C(=O)C[C@@]1(c2ccccc2)CC(=O)N(Cc2ccc3c(c2)OCO3)C1=O. The first-order chi connectivity index (χ1) is 16.5. The number of carbonyl (C=O) groups excluding carboxylic acids is 3. The lowest BCUT2D eigenvalue weighted by molar-refractivity contribution is -0.144.